The smallest absolute Gasteiger partial charge is 0.172 e. The Morgan fingerprint density at radius 1 is 1.50 bits per heavy atom. The Bertz CT molecular complexity index is 276. The van der Waals surface area contributed by atoms with E-state index in [0.29, 0.717) is 0 Å². The van der Waals surface area contributed by atoms with Gasteiger partial charge in [-0.2, -0.15) is 0 Å². The first-order chi connectivity index (χ1) is 6.69. The van der Waals surface area contributed by atoms with Crippen LogP contribution in [0.3, 0.4) is 0 Å². The number of thiophene rings is 1. The minimum atomic E-state index is -0.344. The molecule has 14 heavy (non-hydrogen) atoms. The van der Waals surface area contributed by atoms with Crippen LogP contribution in [-0.4, -0.2) is 26.6 Å². The van der Waals surface area contributed by atoms with Gasteiger partial charge in [0.15, 0.2) is 6.29 Å². The minimum absolute atomic E-state index is 0.139. The summed E-state index contributed by atoms with van der Waals surface area (Å²) >= 11 is 5.14. The first-order valence-corrected chi connectivity index (χ1v) is 5.89. The Kier molecular flexibility index (Phi) is 5.05. The second-order valence-corrected chi connectivity index (χ2v) is 4.75. The van der Waals surface area contributed by atoms with E-state index in [0.717, 1.165) is 10.9 Å². The third-order valence-electron chi connectivity index (χ3n) is 1.93. The van der Waals surface area contributed by atoms with Crippen molar-refractivity contribution in [3.05, 3.63) is 20.8 Å². The maximum atomic E-state index is 5.93. The average Bonchev–Trinajstić information content (AvgIpc) is 2.54. The molecular weight excluding hydrogens is 266 g/mol. The zero-order valence-electron chi connectivity index (χ0n) is 8.20. The van der Waals surface area contributed by atoms with Crippen LogP contribution in [0.5, 0.6) is 0 Å². The molecule has 1 aromatic rings. The van der Waals surface area contributed by atoms with Gasteiger partial charge in [0.25, 0.3) is 0 Å². The molecule has 1 heterocycles. The van der Waals surface area contributed by atoms with Gasteiger partial charge in [0.05, 0.1) is 6.04 Å². The summed E-state index contributed by atoms with van der Waals surface area (Å²) in [7, 11) is 3.19. The van der Waals surface area contributed by atoms with E-state index in [4.69, 9.17) is 15.2 Å². The normalized spacial score (nSPS) is 13.5. The highest BCUT2D eigenvalue weighted by Crippen LogP contribution is 2.24. The highest BCUT2D eigenvalue weighted by Gasteiger charge is 2.18. The van der Waals surface area contributed by atoms with E-state index >= 15 is 0 Å². The van der Waals surface area contributed by atoms with E-state index in [9.17, 15) is 0 Å². The molecule has 0 fully saturated rings. The first-order valence-electron chi connectivity index (χ1n) is 4.22. The second kappa shape index (κ2) is 5.82. The van der Waals surface area contributed by atoms with Gasteiger partial charge in [-0.05, 0) is 27.4 Å². The predicted molar refractivity (Wildman–Crippen MR) is 61.5 cm³/mol. The molecule has 0 aliphatic rings. The van der Waals surface area contributed by atoms with Crippen molar-refractivity contribution in [2.24, 2.45) is 5.73 Å². The monoisotopic (exact) mass is 279 g/mol. The highest BCUT2D eigenvalue weighted by atomic mass is 79.9. The van der Waals surface area contributed by atoms with Gasteiger partial charge in [-0.15, -0.1) is 11.3 Å². The van der Waals surface area contributed by atoms with Crippen molar-refractivity contribution in [2.45, 2.75) is 18.8 Å². The molecule has 80 valence electrons. The van der Waals surface area contributed by atoms with Crippen molar-refractivity contribution in [3.8, 4) is 0 Å². The summed E-state index contributed by atoms with van der Waals surface area (Å²) in [4.78, 5) is 1.22. The number of hydrogen-bond donors (Lipinski definition) is 1. The second-order valence-electron chi connectivity index (χ2n) is 2.90. The number of ether oxygens (including phenoxy) is 2. The lowest BCUT2D eigenvalue weighted by molar-refractivity contribution is -0.115. The summed E-state index contributed by atoms with van der Waals surface area (Å²) in [6, 6.07) is 1.88. The Morgan fingerprint density at radius 3 is 2.57 bits per heavy atom. The van der Waals surface area contributed by atoms with Gasteiger partial charge >= 0.3 is 0 Å². The Labute approximate surface area is 96.3 Å². The third kappa shape index (κ3) is 3.03. The molecule has 1 atom stereocenters. The molecule has 0 spiro atoms. The fourth-order valence-electron chi connectivity index (χ4n) is 1.23. The molecule has 0 saturated heterocycles. The zero-order valence-corrected chi connectivity index (χ0v) is 10.6. The summed E-state index contributed by atoms with van der Waals surface area (Å²) in [5.74, 6) is 0. The van der Waals surface area contributed by atoms with Gasteiger partial charge < -0.3 is 15.2 Å². The fourth-order valence-corrected chi connectivity index (χ4v) is 2.81. The van der Waals surface area contributed by atoms with Crippen LogP contribution < -0.4 is 5.73 Å². The summed E-state index contributed by atoms with van der Waals surface area (Å²) in [6.07, 6.45) is 0.411. The van der Waals surface area contributed by atoms with Gasteiger partial charge in [-0.1, -0.05) is 0 Å². The van der Waals surface area contributed by atoms with Gasteiger partial charge in [-0.3, -0.25) is 0 Å². The molecule has 1 unspecified atom stereocenters. The van der Waals surface area contributed by atoms with Crippen LogP contribution in [-0.2, 0) is 15.9 Å². The molecule has 0 aliphatic carbocycles. The lowest BCUT2D eigenvalue weighted by Gasteiger charge is -2.20. The molecule has 0 aliphatic heterocycles. The molecule has 0 amide bonds. The van der Waals surface area contributed by atoms with Crippen molar-refractivity contribution < 1.29 is 9.47 Å². The van der Waals surface area contributed by atoms with E-state index in [1.807, 2.05) is 11.4 Å². The highest BCUT2D eigenvalue weighted by molar-refractivity contribution is 9.10. The maximum Gasteiger partial charge on any atom is 0.172 e. The Hall–Kier alpha value is 0.0600. The van der Waals surface area contributed by atoms with Crippen molar-refractivity contribution in [3.63, 3.8) is 0 Å². The Balaban J connectivity index is 2.56. The maximum absolute atomic E-state index is 5.93. The lowest BCUT2D eigenvalue weighted by Crippen LogP contribution is -2.39. The van der Waals surface area contributed by atoms with Crippen molar-refractivity contribution in [2.75, 3.05) is 14.2 Å². The SMILES string of the molecule is COC(OC)C(N)Cc1sccc1Br. The molecule has 0 aromatic carbocycles. The van der Waals surface area contributed by atoms with E-state index in [1.54, 1.807) is 25.6 Å². The molecule has 0 saturated carbocycles. The predicted octanol–water partition coefficient (Wildman–Crippen LogP) is 2.00. The molecular formula is C9H14BrNO2S. The van der Waals surface area contributed by atoms with Crippen LogP contribution in [0, 0.1) is 0 Å². The van der Waals surface area contributed by atoms with Crippen molar-refractivity contribution >= 4 is 27.3 Å². The zero-order chi connectivity index (χ0) is 10.6. The van der Waals surface area contributed by atoms with Gasteiger partial charge in [0.2, 0.25) is 0 Å². The van der Waals surface area contributed by atoms with E-state index in [-0.39, 0.29) is 12.3 Å². The quantitative estimate of drug-likeness (QED) is 0.839. The van der Waals surface area contributed by atoms with Crippen molar-refractivity contribution in [1.82, 2.24) is 0 Å². The van der Waals surface area contributed by atoms with Crippen LogP contribution in [0.1, 0.15) is 4.88 Å². The minimum Gasteiger partial charge on any atom is -0.354 e. The van der Waals surface area contributed by atoms with E-state index in [1.165, 1.54) is 4.88 Å². The van der Waals surface area contributed by atoms with Gasteiger partial charge in [0, 0.05) is 30.0 Å². The average molecular weight is 280 g/mol. The van der Waals surface area contributed by atoms with Gasteiger partial charge in [0.1, 0.15) is 0 Å². The van der Waals surface area contributed by atoms with Crippen LogP contribution in [0.15, 0.2) is 15.9 Å². The summed E-state index contributed by atoms with van der Waals surface area (Å²) < 4.78 is 11.3. The number of nitrogens with two attached hydrogens (primary N) is 1. The third-order valence-corrected chi connectivity index (χ3v) is 3.88. The van der Waals surface area contributed by atoms with Gasteiger partial charge in [-0.25, -0.2) is 0 Å². The fraction of sp³-hybridized carbons (Fsp3) is 0.556. The molecule has 0 bridgehead atoms. The summed E-state index contributed by atoms with van der Waals surface area (Å²) in [6.45, 7) is 0. The molecule has 1 rings (SSSR count). The van der Waals surface area contributed by atoms with Crippen LogP contribution in [0.2, 0.25) is 0 Å². The molecule has 0 radical (unpaired) electrons. The Morgan fingerprint density at radius 2 is 2.14 bits per heavy atom. The van der Waals surface area contributed by atoms with Crippen LogP contribution >= 0.6 is 27.3 Å². The summed E-state index contributed by atoms with van der Waals surface area (Å²) in [5.41, 5.74) is 5.93. The van der Waals surface area contributed by atoms with Crippen molar-refractivity contribution in [1.29, 1.82) is 0 Å². The number of hydrogen-bond acceptors (Lipinski definition) is 4. The van der Waals surface area contributed by atoms with E-state index in [2.05, 4.69) is 15.9 Å². The largest absolute Gasteiger partial charge is 0.354 e. The molecule has 2 N–H and O–H groups in total. The topological polar surface area (TPSA) is 44.5 Å². The number of rotatable bonds is 5. The summed E-state index contributed by atoms with van der Waals surface area (Å²) in [5, 5.41) is 2.03. The molecule has 3 nitrogen and oxygen atoms in total. The lowest BCUT2D eigenvalue weighted by atomic mass is 10.2. The number of methoxy groups -OCH3 is 2. The number of halogens is 1. The first kappa shape index (κ1) is 12.1. The van der Waals surface area contributed by atoms with Crippen LogP contribution in [0.4, 0.5) is 0 Å². The molecule has 1 aromatic heterocycles. The standard InChI is InChI=1S/C9H14BrNO2S/c1-12-9(13-2)7(11)5-8-6(10)3-4-14-8/h3-4,7,9H,5,11H2,1-2H3. The molecule has 5 heteroatoms. The van der Waals surface area contributed by atoms with E-state index < -0.39 is 0 Å². The van der Waals surface area contributed by atoms with Crippen LogP contribution in [0.25, 0.3) is 0 Å².